The highest BCUT2D eigenvalue weighted by Crippen LogP contribution is 2.21. The first kappa shape index (κ1) is 9.42. The minimum absolute atomic E-state index is 0.394. The van der Waals surface area contributed by atoms with Gasteiger partial charge in [0.05, 0.1) is 4.90 Å². The van der Waals surface area contributed by atoms with Gasteiger partial charge < -0.3 is 0 Å². The minimum atomic E-state index is -3.15. The van der Waals surface area contributed by atoms with Gasteiger partial charge in [0, 0.05) is 16.7 Å². The van der Waals surface area contributed by atoms with Gasteiger partial charge in [-0.05, 0) is 46.9 Å². The van der Waals surface area contributed by atoms with Crippen molar-refractivity contribution in [1.82, 2.24) is 4.31 Å². The summed E-state index contributed by atoms with van der Waals surface area (Å²) in [4.78, 5) is 0.394. The van der Waals surface area contributed by atoms with Gasteiger partial charge in [-0.15, -0.1) is 0 Å². The van der Waals surface area contributed by atoms with Gasteiger partial charge in [0.2, 0.25) is 10.0 Å². The molecule has 0 amide bonds. The Kier molecular flexibility index (Phi) is 2.33. The van der Waals surface area contributed by atoms with Gasteiger partial charge in [-0.2, -0.15) is 4.31 Å². The average Bonchev–Trinajstić information content (AvgIpc) is 2.87. The summed E-state index contributed by atoms with van der Waals surface area (Å²) in [5.74, 6) is 0. The lowest BCUT2D eigenvalue weighted by molar-refractivity contribution is 0.563. The summed E-state index contributed by atoms with van der Waals surface area (Å²) in [5, 5.41) is 0. The Bertz CT molecular complexity index is 408. The van der Waals surface area contributed by atoms with E-state index in [1.165, 1.54) is 4.31 Å². The van der Waals surface area contributed by atoms with Gasteiger partial charge in [-0.25, -0.2) is 8.42 Å². The zero-order valence-electron chi connectivity index (χ0n) is 6.77. The fraction of sp³-hybridized carbons (Fsp3) is 0.250. The molecule has 1 fully saturated rings. The zero-order valence-corrected chi connectivity index (χ0v) is 9.75. The lowest BCUT2D eigenvalue weighted by atomic mass is 10.4. The standard InChI is InChI=1S/C8H8INO2S/c9-7-1-3-8(4-2-7)13(11,12)10-5-6-10/h1-4H,5-6H2. The fourth-order valence-corrected chi connectivity index (χ4v) is 2.74. The van der Waals surface area contributed by atoms with Crippen LogP contribution in [0.15, 0.2) is 29.2 Å². The Balaban J connectivity index is 2.40. The topological polar surface area (TPSA) is 37.1 Å². The predicted molar refractivity (Wildman–Crippen MR) is 57.9 cm³/mol. The van der Waals surface area contributed by atoms with Crippen LogP contribution in [0.1, 0.15) is 0 Å². The Morgan fingerprint density at radius 1 is 1.15 bits per heavy atom. The highest BCUT2D eigenvalue weighted by atomic mass is 127. The second-order valence-corrected chi connectivity index (χ2v) is 6.04. The van der Waals surface area contributed by atoms with Crippen LogP contribution >= 0.6 is 22.6 Å². The second-order valence-electron chi connectivity index (χ2n) is 2.86. The molecule has 3 nitrogen and oxygen atoms in total. The molecule has 1 aliphatic heterocycles. The average molecular weight is 309 g/mol. The van der Waals surface area contributed by atoms with E-state index in [9.17, 15) is 8.42 Å². The second kappa shape index (κ2) is 3.21. The molecule has 0 bridgehead atoms. The molecular formula is C8H8INO2S. The van der Waals surface area contributed by atoms with Gasteiger partial charge in [0.25, 0.3) is 0 Å². The molecule has 0 unspecified atom stereocenters. The van der Waals surface area contributed by atoms with E-state index in [4.69, 9.17) is 0 Å². The van der Waals surface area contributed by atoms with Crippen molar-refractivity contribution in [3.05, 3.63) is 27.8 Å². The molecule has 0 aromatic heterocycles. The molecule has 1 aliphatic rings. The molecule has 0 N–H and O–H groups in total. The summed E-state index contributed by atoms with van der Waals surface area (Å²) in [6.07, 6.45) is 0. The van der Waals surface area contributed by atoms with Crippen LogP contribution in [0.5, 0.6) is 0 Å². The predicted octanol–water partition coefficient (Wildman–Crippen LogP) is 1.30. The maximum absolute atomic E-state index is 11.6. The van der Waals surface area contributed by atoms with Crippen LogP contribution in [0.25, 0.3) is 0 Å². The van der Waals surface area contributed by atoms with Crippen molar-refractivity contribution in [2.24, 2.45) is 0 Å². The number of rotatable bonds is 2. The number of halogens is 1. The van der Waals surface area contributed by atoms with Crippen LogP contribution in [0.3, 0.4) is 0 Å². The Labute approximate surface area is 90.9 Å². The van der Waals surface area contributed by atoms with Crippen molar-refractivity contribution >= 4 is 32.6 Å². The maximum Gasteiger partial charge on any atom is 0.243 e. The summed E-state index contributed by atoms with van der Waals surface area (Å²) in [6, 6.07) is 6.90. The van der Waals surface area contributed by atoms with E-state index in [1.807, 2.05) is 0 Å². The maximum atomic E-state index is 11.6. The van der Waals surface area contributed by atoms with Crippen LogP contribution in [-0.4, -0.2) is 25.8 Å². The third-order valence-electron chi connectivity index (χ3n) is 1.86. The van der Waals surface area contributed by atoms with E-state index in [0.717, 1.165) is 3.57 Å². The van der Waals surface area contributed by atoms with Crippen LogP contribution < -0.4 is 0 Å². The van der Waals surface area contributed by atoms with Crippen molar-refractivity contribution in [2.45, 2.75) is 4.90 Å². The lowest BCUT2D eigenvalue weighted by Crippen LogP contribution is -2.11. The number of hydrogen-bond donors (Lipinski definition) is 0. The van der Waals surface area contributed by atoms with Gasteiger partial charge in [0.15, 0.2) is 0 Å². The third-order valence-corrected chi connectivity index (χ3v) is 4.49. The SMILES string of the molecule is O=S(=O)(c1ccc(I)cc1)N1CC1. The van der Waals surface area contributed by atoms with Gasteiger partial charge >= 0.3 is 0 Å². The Hall–Kier alpha value is -0.140. The monoisotopic (exact) mass is 309 g/mol. The molecule has 1 aromatic carbocycles. The van der Waals surface area contributed by atoms with E-state index in [-0.39, 0.29) is 0 Å². The van der Waals surface area contributed by atoms with Crippen LogP contribution in [0.2, 0.25) is 0 Å². The van der Waals surface area contributed by atoms with Crippen LogP contribution in [0.4, 0.5) is 0 Å². The highest BCUT2D eigenvalue weighted by molar-refractivity contribution is 14.1. The lowest BCUT2D eigenvalue weighted by Gasteiger charge is -2.03. The van der Waals surface area contributed by atoms with E-state index in [1.54, 1.807) is 24.3 Å². The van der Waals surface area contributed by atoms with E-state index >= 15 is 0 Å². The van der Waals surface area contributed by atoms with E-state index < -0.39 is 10.0 Å². The normalized spacial score (nSPS) is 17.3. The molecule has 0 aliphatic carbocycles. The smallest absolute Gasteiger partial charge is 0.207 e. The molecule has 0 radical (unpaired) electrons. The molecule has 5 heteroatoms. The molecule has 0 atom stereocenters. The highest BCUT2D eigenvalue weighted by Gasteiger charge is 2.32. The van der Waals surface area contributed by atoms with Crippen molar-refractivity contribution in [3.63, 3.8) is 0 Å². The van der Waals surface area contributed by atoms with Gasteiger partial charge in [0.1, 0.15) is 0 Å². The fourth-order valence-electron chi connectivity index (χ4n) is 1.04. The molecule has 0 saturated carbocycles. The van der Waals surface area contributed by atoms with Crippen LogP contribution in [-0.2, 0) is 10.0 Å². The minimum Gasteiger partial charge on any atom is -0.207 e. The third kappa shape index (κ3) is 1.87. The molecule has 2 rings (SSSR count). The van der Waals surface area contributed by atoms with Crippen molar-refractivity contribution in [3.8, 4) is 0 Å². The molecule has 1 saturated heterocycles. The molecule has 1 heterocycles. The quantitative estimate of drug-likeness (QED) is 0.610. The summed E-state index contributed by atoms with van der Waals surface area (Å²) in [5.41, 5.74) is 0. The first-order chi connectivity index (χ1) is 6.10. The summed E-state index contributed by atoms with van der Waals surface area (Å²) < 4.78 is 25.8. The first-order valence-electron chi connectivity index (χ1n) is 3.86. The largest absolute Gasteiger partial charge is 0.243 e. The zero-order chi connectivity index (χ0) is 9.47. The van der Waals surface area contributed by atoms with Crippen molar-refractivity contribution in [2.75, 3.05) is 13.1 Å². The van der Waals surface area contributed by atoms with E-state index in [0.29, 0.717) is 18.0 Å². The summed E-state index contributed by atoms with van der Waals surface area (Å²) >= 11 is 2.15. The van der Waals surface area contributed by atoms with E-state index in [2.05, 4.69) is 22.6 Å². The van der Waals surface area contributed by atoms with Gasteiger partial charge in [-0.1, -0.05) is 0 Å². The number of nitrogens with zero attached hydrogens (tertiary/aromatic N) is 1. The molecule has 70 valence electrons. The van der Waals surface area contributed by atoms with Crippen LogP contribution in [0, 0.1) is 3.57 Å². The van der Waals surface area contributed by atoms with Gasteiger partial charge in [-0.3, -0.25) is 0 Å². The molecule has 0 spiro atoms. The number of sulfonamides is 1. The number of hydrogen-bond acceptors (Lipinski definition) is 2. The molecule has 1 aromatic rings. The van der Waals surface area contributed by atoms with Crippen molar-refractivity contribution < 1.29 is 8.42 Å². The van der Waals surface area contributed by atoms with Crippen molar-refractivity contribution in [1.29, 1.82) is 0 Å². The summed E-state index contributed by atoms with van der Waals surface area (Å²) in [6.45, 7) is 1.32. The molecule has 13 heavy (non-hydrogen) atoms. The summed E-state index contributed by atoms with van der Waals surface area (Å²) in [7, 11) is -3.15. The number of benzene rings is 1. The Morgan fingerprint density at radius 3 is 2.15 bits per heavy atom. The first-order valence-corrected chi connectivity index (χ1v) is 6.38. The molecular weight excluding hydrogens is 301 g/mol. The Morgan fingerprint density at radius 2 is 1.69 bits per heavy atom.